The summed E-state index contributed by atoms with van der Waals surface area (Å²) in [5.74, 6) is 0.613. The summed E-state index contributed by atoms with van der Waals surface area (Å²) in [5, 5.41) is 5.50. The highest BCUT2D eigenvalue weighted by atomic mass is 32.1. The summed E-state index contributed by atoms with van der Waals surface area (Å²) in [7, 11) is 0. The molecule has 1 amide bonds. The summed E-state index contributed by atoms with van der Waals surface area (Å²) >= 11 is 1.20. The minimum Gasteiger partial charge on any atom is -0.333 e. The number of nitrogens with zero attached hydrogens (tertiary/aromatic N) is 3. The molecule has 2 rings (SSSR count). The third-order valence-electron chi connectivity index (χ3n) is 3.09. The maximum Gasteiger partial charge on any atom is 0.275 e. The molecule has 0 radical (unpaired) electrons. The first-order valence-electron chi connectivity index (χ1n) is 5.50. The maximum absolute atomic E-state index is 12.1. The molecule has 0 spiro atoms. The smallest absolute Gasteiger partial charge is 0.275 e. The topological polar surface area (TPSA) is 72.1 Å². The Labute approximate surface area is 98.8 Å². The Bertz CT molecular complexity index is 354. The summed E-state index contributed by atoms with van der Waals surface area (Å²) < 4.78 is 3.72. The Morgan fingerprint density at radius 1 is 1.75 bits per heavy atom. The minimum absolute atomic E-state index is 0.0314. The number of likely N-dealkylation sites (tertiary alicyclic amines) is 1. The van der Waals surface area contributed by atoms with Crippen molar-refractivity contribution in [2.24, 2.45) is 11.7 Å². The monoisotopic (exact) mass is 240 g/mol. The Morgan fingerprint density at radius 3 is 3.19 bits per heavy atom. The van der Waals surface area contributed by atoms with Gasteiger partial charge in [-0.05, 0) is 30.3 Å². The van der Waals surface area contributed by atoms with Gasteiger partial charge in [0.05, 0.1) is 0 Å². The SMILES string of the molecule is CC1CCN(C(=O)c2csnn2)C(CN)C1. The van der Waals surface area contributed by atoms with Crippen LogP contribution in [-0.2, 0) is 0 Å². The molecule has 0 saturated carbocycles. The molecule has 16 heavy (non-hydrogen) atoms. The van der Waals surface area contributed by atoms with Crippen LogP contribution in [0.25, 0.3) is 0 Å². The second-order valence-electron chi connectivity index (χ2n) is 4.31. The molecule has 0 aromatic carbocycles. The Hall–Kier alpha value is -1.01. The van der Waals surface area contributed by atoms with Crippen molar-refractivity contribution in [3.63, 3.8) is 0 Å². The zero-order valence-corrected chi connectivity index (χ0v) is 10.1. The average Bonchev–Trinajstić information content (AvgIpc) is 2.81. The van der Waals surface area contributed by atoms with Gasteiger partial charge in [-0.15, -0.1) is 5.10 Å². The summed E-state index contributed by atoms with van der Waals surface area (Å²) in [5.41, 5.74) is 6.16. The lowest BCUT2D eigenvalue weighted by Gasteiger charge is -2.37. The predicted molar refractivity (Wildman–Crippen MR) is 62.2 cm³/mol. The summed E-state index contributed by atoms with van der Waals surface area (Å²) in [6.45, 7) is 3.50. The Balaban J connectivity index is 2.10. The molecule has 2 atom stereocenters. The normalized spacial score (nSPS) is 25.8. The van der Waals surface area contributed by atoms with Gasteiger partial charge in [0, 0.05) is 24.5 Å². The molecule has 1 aromatic rings. The largest absolute Gasteiger partial charge is 0.333 e. The molecule has 1 saturated heterocycles. The van der Waals surface area contributed by atoms with E-state index in [1.54, 1.807) is 5.38 Å². The van der Waals surface area contributed by atoms with E-state index >= 15 is 0 Å². The lowest BCUT2D eigenvalue weighted by atomic mass is 9.92. The van der Waals surface area contributed by atoms with Crippen molar-refractivity contribution in [1.82, 2.24) is 14.5 Å². The van der Waals surface area contributed by atoms with E-state index in [1.807, 2.05) is 4.90 Å². The molecule has 6 heteroatoms. The third-order valence-corrected chi connectivity index (χ3v) is 3.59. The number of rotatable bonds is 2. The van der Waals surface area contributed by atoms with Crippen LogP contribution in [-0.4, -0.2) is 39.5 Å². The molecular weight excluding hydrogens is 224 g/mol. The van der Waals surface area contributed by atoms with Crippen molar-refractivity contribution in [3.8, 4) is 0 Å². The molecule has 2 heterocycles. The van der Waals surface area contributed by atoms with Gasteiger partial charge in [0.15, 0.2) is 5.69 Å². The molecule has 5 nitrogen and oxygen atoms in total. The van der Waals surface area contributed by atoms with Gasteiger partial charge in [-0.2, -0.15) is 0 Å². The Kier molecular flexibility index (Phi) is 3.50. The zero-order valence-electron chi connectivity index (χ0n) is 9.30. The van der Waals surface area contributed by atoms with Crippen LogP contribution in [0.4, 0.5) is 0 Å². The standard InChI is InChI=1S/C10H16N4OS/c1-7-2-3-14(8(4-7)5-11)10(15)9-6-16-13-12-9/h6-8H,2-5,11H2,1H3. The van der Waals surface area contributed by atoms with Crippen molar-refractivity contribution in [3.05, 3.63) is 11.1 Å². The van der Waals surface area contributed by atoms with Crippen molar-refractivity contribution in [2.45, 2.75) is 25.8 Å². The van der Waals surface area contributed by atoms with Crippen molar-refractivity contribution in [1.29, 1.82) is 0 Å². The van der Waals surface area contributed by atoms with E-state index < -0.39 is 0 Å². The first-order chi connectivity index (χ1) is 7.72. The van der Waals surface area contributed by atoms with E-state index in [9.17, 15) is 4.79 Å². The number of carbonyl (C=O) groups excluding carboxylic acids is 1. The molecule has 88 valence electrons. The van der Waals surface area contributed by atoms with Gasteiger partial charge >= 0.3 is 0 Å². The molecule has 1 aromatic heterocycles. The number of piperidine rings is 1. The summed E-state index contributed by atoms with van der Waals surface area (Å²) in [6, 6.07) is 0.151. The molecule has 1 fully saturated rings. The third kappa shape index (κ3) is 2.22. The number of aromatic nitrogens is 2. The lowest BCUT2D eigenvalue weighted by Crippen LogP contribution is -2.49. The molecule has 2 unspecified atom stereocenters. The van der Waals surface area contributed by atoms with Gasteiger partial charge in [0.1, 0.15) is 0 Å². The van der Waals surface area contributed by atoms with Gasteiger partial charge in [-0.25, -0.2) is 0 Å². The zero-order chi connectivity index (χ0) is 11.5. The first kappa shape index (κ1) is 11.5. The second kappa shape index (κ2) is 4.88. The number of hydrogen-bond donors (Lipinski definition) is 1. The van der Waals surface area contributed by atoms with E-state index in [4.69, 9.17) is 5.73 Å². The fourth-order valence-electron chi connectivity index (χ4n) is 2.15. The van der Waals surface area contributed by atoms with Crippen LogP contribution in [0.2, 0.25) is 0 Å². The van der Waals surface area contributed by atoms with E-state index in [0.29, 0.717) is 18.2 Å². The van der Waals surface area contributed by atoms with Crippen LogP contribution in [0.1, 0.15) is 30.3 Å². The predicted octanol–water partition coefficient (Wildman–Crippen LogP) is 0.737. The fourth-order valence-corrected chi connectivity index (χ4v) is 2.58. The van der Waals surface area contributed by atoms with Gasteiger partial charge in [0.25, 0.3) is 5.91 Å². The van der Waals surface area contributed by atoms with E-state index in [0.717, 1.165) is 19.4 Å². The van der Waals surface area contributed by atoms with E-state index in [2.05, 4.69) is 16.5 Å². The number of amides is 1. The number of hydrogen-bond acceptors (Lipinski definition) is 5. The van der Waals surface area contributed by atoms with Gasteiger partial charge in [0.2, 0.25) is 0 Å². The molecular formula is C10H16N4OS. The van der Waals surface area contributed by atoms with Crippen LogP contribution in [0.15, 0.2) is 5.38 Å². The fraction of sp³-hybridized carbons (Fsp3) is 0.700. The number of nitrogens with two attached hydrogens (primary N) is 1. The lowest BCUT2D eigenvalue weighted by molar-refractivity contribution is 0.0567. The first-order valence-corrected chi connectivity index (χ1v) is 6.34. The van der Waals surface area contributed by atoms with Crippen LogP contribution in [0, 0.1) is 5.92 Å². The van der Waals surface area contributed by atoms with Crippen LogP contribution < -0.4 is 5.73 Å². The van der Waals surface area contributed by atoms with Crippen molar-refractivity contribution < 1.29 is 4.79 Å². The summed E-state index contributed by atoms with van der Waals surface area (Å²) in [4.78, 5) is 14.0. The second-order valence-corrected chi connectivity index (χ2v) is 4.92. The summed E-state index contributed by atoms with van der Waals surface area (Å²) in [6.07, 6.45) is 2.03. The Morgan fingerprint density at radius 2 is 2.56 bits per heavy atom. The number of carbonyl (C=O) groups is 1. The molecule has 1 aliphatic rings. The van der Waals surface area contributed by atoms with Crippen LogP contribution in [0.3, 0.4) is 0 Å². The van der Waals surface area contributed by atoms with Crippen molar-refractivity contribution >= 4 is 17.4 Å². The highest BCUT2D eigenvalue weighted by molar-refractivity contribution is 7.03. The molecule has 2 N–H and O–H groups in total. The minimum atomic E-state index is -0.0314. The van der Waals surface area contributed by atoms with Gasteiger partial charge in [-0.3, -0.25) is 4.79 Å². The average molecular weight is 240 g/mol. The molecule has 0 bridgehead atoms. The molecule has 0 aliphatic carbocycles. The van der Waals surface area contributed by atoms with Crippen LogP contribution >= 0.6 is 11.5 Å². The van der Waals surface area contributed by atoms with Crippen molar-refractivity contribution in [2.75, 3.05) is 13.1 Å². The highest BCUT2D eigenvalue weighted by Crippen LogP contribution is 2.23. The molecule has 1 aliphatic heterocycles. The van der Waals surface area contributed by atoms with Gasteiger partial charge < -0.3 is 10.6 Å². The van der Waals surface area contributed by atoms with Crippen LogP contribution in [0.5, 0.6) is 0 Å². The van der Waals surface area contributed by atoms with Gasteiger partial charge in [-0.1, -0.05) is 11.4 Å². The van der Waals surface area contributed by atoms with E-state index in [-0.39, 0.29) is 11.9 Å². The quantitative estimate of drug-likeness (QED) is 0.827. The maximum atomic E-state index is 12.1. The van der Waals surface area contributed by atoms with E-state index in [1.165, 1.54) is 11.5 Å². The highest BCUT2D eigenvalue weighted by Gasteiger charge is 2.30.